The maximum Gasteiger partial charge on any atom is 0.416 e. The highest BCUT2D eigenvalue weighted by molar-refractivity contribution is 6.12. The van der Waals surface area contributed by atoms with Gasteiger partial charge in [0.15, 0.2) is 0 Å². The number of halogens is 6. The standard InChI is InChI=1S/C49H33F6N3/c1-27-5-12-42-37(17-27)38-18-28(2)6-13-43(38)57(42)46-16-9-31(26-56)21-41(46)36-11-10-32(33-22-34(48(50,51)52)25-35(23-33)49(53,54)55)24-47(36)58-44-14-7-29(3)19-39(44)40-20-30(4)8-15-45(40)58/h5-25H,1-4H3. The summed E-state index contributed by atoms with van der Waals surface area (Å²) in [6.45, 7) is 8.06. The lowest BCUT2D eigenvalue weighted by Gasteiger charge is -2.21. The van der Waals surface area contributed by atoms with E-state index in [0.717, 1.165) is 83.7 Å². The molecule has 0 N–H and O–H groups in total. The topological polar surface area (TPSA) is 33.6 Å². The second kappa shape index (κ2) is 13.1. The molecule has 0 aliphatic carbocycles. The zero-order valence-electron chi connectivity index (χ0n) is 31.7. The van der Waals surface area contributed by atoms with Gasteiger partial charge in [0.05, 0.1) is 56.2 Å². The van der Waals surface area contributed by atoms with Crippen LogP contribution in [-0.4, -0.2) is 9.13 Å². The zero-order valence-corrected chi connectivity index (χ0v) is 31.7. The third kappa shape index (κ3) is 6.08. The summed E-state index contributed by atoms with van der Waals surface area (Å²) in [7, 11) is 0. The molecule has 2 aromatic heterocycles. The Kier molecular flexibility index (Phi) is 8.34. The minimum atomic E-state index is -5.02. The lowest BCUT2D eigenvalue weighted by Crippen LogP contribution is -2.11. The fraction of sp³-hybridized carbons (Fsp3) is 0.122. The van der Waals surface area contributed by atoms with Crippen LogP contribution in [-0.2, 0) is 12.4 Å². The van der Waals surface area contributed by atoms with Crippen LogP contribution in [0.2, 0.25) is 0 Å². The van der Waals surface area contributed by atoms with Crippen molar-refractivity contribution in [2.45, 2.75) is 40.0 Å². The van der Waals surface area contributed by atoms with Gasteiger partial charge in [0.2, 0.25) is 0 Å². The van der Waals surface area contributed by atoms with E-state index >= 15 is 0 Å². The van der Waals surface area contributed by atoms with E-state index < -0.39 is 23.5 Å². The van der Waals surface area contributed by atoms with Crippen LogP contribution in [0, 0.1) is 39.0 Å². The molecule has 0 saturated carbocycles. The van der Waals surface area contributed by atoms with Gasteiger partial charge in [-0.2, -0.15) is 31.6 Å². The highest BCUT2D eigenvalue weighted by atomic mass is 19.4. The Hall–Kier alpha value is -6.79. The van der Waals surface area contributed by atoms with Crippen molar-refractivity contribution in [1.82, 2.24) is 9.13 Å². The Morgan fingerprint density at radius 1 is 0.414 bits per heavy atom. The summed E-state index contributed by atoms with van der Waals surface area (Å²) in [5, 5.41) is 14.2. The van der Waals surface area contributed by atoms with E-state index in [1.807, 2.05) is 74.7 Å². The highest BCUT2D eigenvalue weighted by Gasteiger charge is 2.37. The van der Waals surface area contributed by atoms with Gasteiger partial charge in [-0.25, -0.2) is 0 Å². The van der Waals surface area contributed by atoms with Crippen LogP contribution in [0.5, 0.6) is 0 Å². The van der Waals surface area contributed by atoms with E-state index in [0.29, 0.717) is 22.4 Å². The van der Waals surface area contributed by atoms with Crippen LogP contribution in [0.15, 0.2) is 127 Å². The van der Waals surface area contributed by atoms with Gasteiger partial charge >= 0.3 is 12.4 Å². The second-order valence-electron chi connectivity index (χ2n) is 15.1. The molecule has 0 bridgehead atoms. The molecule has 0 spiro atoms. The van der Waals surface area contributed by atoms with E-state index in [9.17, 15) is 31.6 Å². The Labute approximate surface area is 329 Å². The van der Waals surface area contributed by atoms with Crippen molar-refractivity contribution < 1.29 is 26.3 Å². The first-order valence-electron chi connectivity index (χ1n) is 18.6. The fourth-order valence-corrected chi connectivity index (χ4v) is 8.28. The lowest BCUT2D eigenvalue weighted by molar-refractivity contribution is -0.143. The highest BCUT2D eigenvalue weighted by Crippen LogP contribution is 2.44. The van der Waals surface area contributed by atoms with Crippen LogP contribution in [0.3, 0.4) is 0 Å². The van der Waals surface area contributed by atoms with E-state index in [1.54, 1.807) is 30.3 Å². The van der Waals surface area contributed by atoms with E-state index in [-0.39, 0.29) is 17.2 Å². The van der Waals surface area contributed by atoms with Gasteiger partial charge in [-0.15, -0.1) is 0 Å². The van der Waals surface area contributed by atoms with Gasteiger partial charge in [-0.1, -0.05) is 58.7 Å². The molecule has 9 aromatic rings. The summed E-state index contributed by atoms with van der Waals surface area (Å²) in [5.41, 5.74) is 7.71. The number of fused-ring (bicyclic) bond motifs is 6. The van der Waals surface area contributed by atoms with Crippen molar-refractivity contribution in [2.24, 2.45) is 0 Å². The average molecular weight is 778 g/mol. The average Bonchev–Trinajstić information content (AvgIpc) is 3.67. The number of nitriles is 1. The molecule has 0 unspecified atom stereocenters. The monoisotopic (exact) mass is 777 g/mol. The molecule has 58 heavy (non-hydrogen) atoms. The number of aromatic nitrogens is 2. The van der Waals surface area contributed by atoms with Crippen molar-refractivity contribution in [3.8, 4) is 39.7 Å². The van der Waals surface area contributed by atoms with Crippen molar-refractivity contribution in [3.63, 3.8) is 0 Å². The number of hydrogen-bond acceptors (Lipinski definition) is 1. The maximum absolute atomic E-state index is 14.2. The zero-order chi connectivity index (χ0) is 40.8. The first kappa shape index (κ1) is 36.8. The first-order chi connectivity index (χ1) is 27.6. The summed E-state index contributed by atoms with van der Waals surface area (Å²) in [4.78, 5) is 0. The molecule has 3 nitrogen and oxygen atoms in total. The van der Waals surface area contributed by atoms with Gasteiger partial charge in [0.25, 0.3) is 0 Å². The Bertz CT molecular complexity index is 3060. The smallest absolute Gasteiger partial charge is 0.309 e. The van der Waals surface area contributed by atoms with Crippen LogP contribution in [0.1, 0.15) is 38.9 Å². The quantitative estimate of drug-likeness (QED) is 0.164. The molecular formula is C49H33F6N3. The van der Waals surface area contributed by atoms with Crippen LogP contribution < -0.4 is 0 Å². The number of aryl methyl sites for hydroxylation is 4. The van der Waals surface area contributed by atoms with Crippen molar-refractivity contribution >= 4 is 43.6 Å². The number of rotatable bonds is 4. The Morgan fingerprint density at radius 3 is 1.26 bits per heavy atom. The maximum atomic E-state index is 14.2. The molecule has 0 aliphatic rings. The van der Waals surface area contributed by atoms with Crippen LogP contribution in [0.25, 0.3) is 77.2 Å². The molecular weight excluding hydrogens is 745 g/mol. The molecule has 0 amide bonds. The molecule has 0 radical (unpaired) electrons. The number of nitrogens with zero attached hydrogens (tertiary/aromatic N) is 3. The Morgan fingerprint density at radius 2 is 0.845 bits per heavy atom. The molecule has 9 rings (SSSR count). The van der Waals surface area contributed by atoms with E-state index in [1.165, 1.54) is 0 Å². The van der Waals surface area contributed by atoms with Crippen LogP contribution >= 0.6 is 0 Å². The predicted molar refractivity (Wildman–Crippen MR) is 220 cm³/mol. The number of alkyl halides is 6. The lowest BCUT2D eigenvalue weighted by atomic mass is 9.93. The summed E-state index contributed by atoms with van der Waals surface area (Å²) >= 11 is 0. The minimum absolute atomic E-state index is 0.144. The van der Waals surface area contributed by atoms with Gasteiger partial charge in [-0.3, -0.25) is 0 Å². The van der Waals surface area contributed by atoms with Gasteiger partial charge in [-0.05, 0) is 130 Å². The predicted octanol–water partition coefficient (Wildman–Crippen LogP) is 14.4. The summed E-state index contributed by atoms with van der Waals surface area (Å²) in [5.74, 6) is 0. The normalized spacial score (nSPS) is 12.3. The molecule has 9 heteroatoms. The van der Waals surface area contributed by atoms with Gasteiger partial charge in [0.1, 0.15) is 0 Å². The van der Waals surface area contributed by atoms with Crippen molar-refractivity contribution in [1.29, 1.82) is 5.26 Å². The molecule has 0 fully saturated rings. The van der Waals surface area contributed by atoms with Crippen LogP contribution in [0.4, 0.5) is 26.3 Å². The largest absolute Gasteiger partial charge is 0.416 e. The fourth-order valence-electron chi connectivity index (χ4n) is 8.28. The van der Waals surface area contributed by atoms with E-state index in [4.69, 9.17) is 0 Å². The van der Waals surface area contributed by atoms with Crippen molar-refractivity contribution in [2.75, 3.05) is 0 Å². The molecule has 0 atom stereocenters. The van der Waals surface area contributed by atoms with Gasteiger partial charge < -0.3 is 9.13 Å². The van der Waals surface area contributed by atoms with E-state index in [2.05, 4.69) is 47.0 Å². The Balaban J connectivity index is 1.42. The molecule has 0 saturated heterocycles. The minimum Gasteiger partial charge on any atom is -0.309 e. The third-order valence-corrected chi connectivity index (χ3v) is 11.0. The first-order valence-corrected chi connectivity index (χ1v) is 18.6. The molecule has 7 aromatic carbocycles. The summed E-state index contributed by atoms with van der Waals surface area (Å²) in [6, 6.07) is 38.9. The second-order valence-corrected chi connectivity index (χ2v) is 15.1. The van der Waals surface area contributed by atoms with Crippen molar-refractivity contribution in [3.05, 3.63) is 166 Å². The number of benzene rings is 7. The molecule has 286 valence electrons. The third-order valence-electron chi connectivity index (χ3n) is 11.0. The SMILES string of the molecule is Cc1ccc2c(c1)c1cc(C)ccc1n2-c1ccc(C#N)cc1-c1ccc(-c2cc(C(F)(F)F)cc(C(F)(F)F)c2)cc1-n1c2ccc(C)cc2c2cc(C)ccc21. The summed E-state index contributed by atoms with van der Waals surface area (Å²) < 4.78 is 89.2. The number of hydrogen-bond donors (Lipinski definition) is 0. The van der Waals surface area contributed by atoms with Gasteiger partial charge in [0, 0.05) is 32.7 Å². The molecule has 2 heterocycles. The molecule has 0 aliphatic heterocycles. The summed E-state index contributed by atoms with van der Waals surface area (Å²) in [6.07, 6.45) is -10.0.